The molecular weight excluding hydrogens is 228 g/mol. The van der Waals surface area contributed by atoms with E-state index < -0.39 is 0 Å². The Kier molecular flexibility index (Phi) is 5.15. The Morgan fingerprint density at radius 1 is 1.33 bits per heavy atom. The number of Topliss-reactive ketones (excluding diaryl/α,β-unsaturated/α-hetero) is 1. The number of rotatable bonds is 5. The molecule has 2 heterocycles. The molecule has 104 valence electrons. The maximum atomic E-state index is 12.2. The monoisotopic (exact) mass is 254 g/mol. The van der Waals surface area contributed by atoms with Crippen molar-refractivity contribution in [1.82, 2.24) is 9.80 Å². The van der Waals surface area contributed by atoms with E-state index in [0.717, 1.165) is 39.1 Å². The van der Waals surface area contributed by atoms with E-state index in [1.165, 1.54) is 12.8 Å². The van der Waals surface area contributed by atoms with Crippen LogP contribution in [-0.2, 0) is 9.53 Å². The van der Waals surface area contributed by atoms with Crippen LogP contribution in [0.5, 0.6) is 0 Å². The van der Waals surface area contributed by atoms with E-state index in [1.807, 2.05) is 0 Å². The highest BCUT2D eigenvalue weighted by atomic mass is 16.5. The fraction of sp³-hybridized carbons (Fsp3) is 0.929. The first-order chi connectivity index (χ1) is 8.66. The first-order valence-corrected chi connectivity index (χ1v) is 7.20. The highest BCUT2D eigenvalue weighted by Crippen LogP contribution is 2.18. The van der Waals surface area contributed by atoms with Crippen LogP contribution in [0.15, 0.2) is 0 Å². The van der Waals surface area contributed by atoms with Crippen molar-refractivity contribution in [3.05, 3.63) is 0 Å². The lowest BCUT2D eigenvalue weighted by atomic mass is 10.0. The lowest BCUT2D eigenvalue weighted by molar-refractivity contribution is -0.125. The van der Waals surface area contributed by atoms with Gasteiger partial charge in [-0.25, -0.2) is 0 Å². The molecule has 0 aromatic heterocycles. The summed E-state index contributed by atoms with van der Waals surface area (Å²) in [5, 5.41) is 0. The molecule has 0 N–H and O–H groups in total. The number of carbonyl (C=O) groups is 1. The minimum absolute atomic E-state index is 0.105. The molecular formula is C14H26N2O2. The summed E-state index contributed by atoms with van der Waals surface area (Å²) in [6.07, 6.45) is 5.54. The van der Waals surface area contributed by atoms with Crippen LogP contribution >= 0.6 is 0 Å². The van der Waals surface area contributed by atoms with Gasteiger partial charge in [-0.15, -0.1) is 0 Å². The fourth-order valence-electron chi connectivity index (χ4n) is 2.90. The number of likely N-dealkylation sites (N-methyl/N-ethyl adjacent to an activating group) is 2. The molecule has 4 nitrogen and oxygen atoms in total. The van der Waals surface area contributed by atoms with Gasteiger partial charge in [0.1, 0.15) is 0 Å². The van der Waals surface area contributed by atoms with Gasteiger partial charge in [-0.1, -0.05) is 0 Å². The van der Waals surface area contributed by atoms with Crippen molar-refractivity contribution in [1.29, 1.82) is 0 Å². The van der Waals surface area contributed by atoms with E-state index in [0.29, 0.717) is 18.3 Å². The maximum absolute atomic E-state index is 12.2. The number of hydrogen-bond acceptors (Lipinski definition) is 4. The van der Waals surface area contributed by atoms with Gasteiger partial charge in [0, 0.05) is 32.7 Å². The molecule has 0 amide bonds. The average Bonchev–Trinajstić information content (AvgIpc) is 2.85. The van der Waals surface area contributed by atoms with Crippen LogP contribution in [0.1, 0.15) is 32.1 Å². The minimum atomic E-state index is 0.105. The van der Waals surface area contributed by atoms with Gasteiger partial charge in [0.05, 0.1) is 12.1 Å². The Labute approximate surface area is 110 Å². The van der Waals surface area contributed by atoms with E-state index in [4.69, 9.17) is 4.74 Å². The van der Waals surface area contributed by atoms with Crippen molar-refractivity contribution in [2.75, 3.05) is 40.3 Å². The molecule has 4 heteroatoms. The van der Waals surface area contributed by atoms with Crippen LogP contribution in [0.2, 0.25) is 0 Å². The Morgan fingerprint density at radius 3 is 2.89 bits per heavy atom. The molecule has 0 saturated carbocycles. The topological polar surface area (TPSA) is 32.8 Å². The van der Waals surface area contributed by atoms with Crippen molar-refractivity contribution in [3.8, 4) is 0 Å². The molecule has 0 radical (unpaired) electrons. The van der Waals surface area contributed by atoms with Crippen LogP contribution in [0.25, 0.3) is 0 Å². The van der Waals surface area contributed by atoms with Gasteiger partial charge in [-0.3, -0.25) is 9.69 Å². The summed E-state index contributed by atoms with van der Waals surface area (Å²) in [7, 11) is 4.16. The largest absolute Gasteiger partial charge is 0.378 e. The molecule has 2 rings (SSSR count). The Hall–Kier alpha value is -0.450. The zero-order chi connectivity index (χ0) is 13.0. The molecule has 0 aromatic rings. The Balaban J connectivity index is 1.69. The molecule has 2 aliphatic rings. The van der Waals surface area contributed by atoms with Crippen LogP contribution in [0, 0.1) is 0 Å². The van der Waals surface area contributed by atoms with Crippen molar-refractivity contribution in [2.45, 2.75) is 44.2 Å². The Morgan fingerprint density at radius 2 is 2.17 bits per heavy atom. The number of nitrogens with zero attached hydrogens (tertiary/aromatic N) is 2. The Bertz CT molecular complexity index is 277. The number of carbonyl (C=O) groups excluding carboxylic acids is 1. The first-order valence-electron chi connectivity index (χ1n) is 7.20. The van der Waals surface area contributed by atoms with E-state index >= 15 is 0 Å². The predicted molar refractivity (Wildman–Crippen MR) is 71.7 cm³/mol. The molecule has 0 spiro atoms. The number of ketones is 1. The standard InChI is InChI=1S/C14H26N2O2/c1-15-8-9-16(2)13(11-15)14(17)7-3-5-12-6-4-10-18-12/h12-13H,3-11H2,1-2H3. The van der Waals surface area contributed by atoms with Gasteiger partial charge < -0.3 is 9.64 Å². The van der Waals surface area contributed by atoms with Crippen molar-refractivity contribution in [2.24, 2.45) is 0 Å². The van der Waals surface area contributed by atoms with E-state index in [9.17, 15) is 4.79 Å². The average molecular weight is 254 g/mol. The molecule has 0 bridgehead atoms. The zero-order valence-electron chi connectivity index (χ0n) is 11.7. The van der Waals surface area contributed by atoms with Crippen LogP contribution < -0.4 is 0 Å². The number of hydrogen-bond donors (Lipinski definition) is 0. The lowest BCUT2D eigenvalue weighted by Crippen LogP contribution is -2.53. The summed E-state index contributed by atoms with van der Waals surface area (Å²) >= 11 is 0. The molecule has 18 heavy (non-hydrogen) atoms. The van der Waals surface area contributed by atoms with Gasteiger partial charge in [-0.05, 0) is 39.8 Å². The summed E-state index contributed by atoms with van der Waals surface area (Å²) in [5.41, 5.74) is 0. The SMILES string of the molecule is CN1CCN(C)C(C(=O)CCCC2CCCO2)C1. The molecule has 2 fully saturated rings. The molecule has 2 saturated heterocycles. The molecule has 2 aliphatic heterocycles. The van der Waals surface area contributed by atoms with Crippen LogP contribution in [0.4, 0.5) is 0 Å². The van der Waals surface area contributed by atoms with Crippen molar-refractivity contribution in [3.63, 3.8) is 0 Å². The second-order valence-corrected chi connectivity index (χ2v) is 5.75. The van der Waals surface area contributed by atoms with Gasteiger partial charge in [0.25, 0.3) is 0 Å². The van der Waals surface area contributed by atoms with Crippen molar-refractivity contribution < 1.29 is 9.53 Å². The summed E-state index contributed by atoms with van der Waals surface area (Å²) in [5.74, 6) is 0.405. The molecule has 0 aliphatic carbocycles. The summed E-state index contributed by atoms with van der Waals surface area (Å²) < 4.78 is 5.59. The van der Waals surface area contributed by atoms with Gasteiger partial charge in [0.2, 0.25) is 0 Å². The van der Waals surface area contributed by atoms with E-state index in [-0.39, 0.29) is 6.04 Å². The normalized spacial score (nSPS) is 30.8. The molecule has 2 atom stereocenters. The van der Waals surface area contributed by atoms with Crippen molar-refractivity contribution >= 4 is 5.78 Å². The number of piperazine rings is 1. The second kappa shape index (κ2) is 6.64. The quantitative estimate of drug-likeness (QED) is 0.737. The lowest BCUT2D eigenvalue weighted by Gasteiger charge is -2.36. The molecule has 2 unspecified atom stereocenters. The third kappa shape index (κ3) is 3.77. The van der Waals surface area contributed by atoms with Gasteiger partial charge >= 0.3 is 0 Å². The van der Waals surface area contributed by atoms with Crippen LogP contribution in [0.3, 0.4) is 0 Å². The second-order valence-electron chi connectivity index (χ2n) is 5.75. The predicted octanol–water partition coefficient (Wildman–Crippen LogP) is 1.15. The summed E-state index contributed by atoms with van der Waals surface area (Å²) in [6, 6.07) is 0.105. The van der Waals surface area contributed by atoms with Crippen LogP contribution in [-0.4, -0.2) is 68.1 Å². The van der Waals surface area contributed by atoms with Gasteiger partial charge in [0.15, 0.2) is 5.78 Å². The summed E-state index contributed by atoms with van der Waals surface area (Å²) in [6.45, 7) is 3.86. The molecule has 0 aromatic carbocycles. The third-order valence-electron chi connectivity index (χ3n) is 4.20. The van der Waals surface area contributed by atoms with E-state index in [1.54, 1.807) is 0 Å². The number of ether oxygens (including phenoxy) is 1. The first kappa shape index (κ1) is 14.0. The van der Waals surface area contributed by atoms with E-state index in [2.05, 4.69) is 23.9 Å². The smallest absolute Gasteiger partial charge is 0.151 e. The highest BCUT2D eigenvalue weighted by molar-refractivity contribution is 5.84. The van der Waals surface area contributed by atoms with Gasteiger partial charge in [-0.2, -0.15) is 0 Å². The summed E-state index contributed by atoms with van der Waals surface area (Å²) in [4.78, 5) is 16.7. The third-order valence-corrected chi connectivity index (χ3v) is 4.20. The highest BCUT2D eigenvalue weighted by Gasteiger charge is 2.28. The zero-order valence-corrected chi connectivity index (χ0v) is 11.7. The minimum Gasteiger partial charge on any atom is -0.378 e. The fourth-order valence-corrected chi connectivity index (χ4v) is 2.90. The maximum Gasteiger partial charge on any atom is 0.151 e.